The van der Waals surface area contributed by atoms with E-state index < -0.39 is 17.6 Å². The average molecular weight is 502 g/mol. The molecular formula is C28H24FN3O5. The number of aromatic nitrogens is 1. The summed E-state index contributed by atoms with van der Waals surface area (Å²) in [5.41, 5.74) is 2.80. The number of benzene rings is 3. The Morgan fingerprint density at radius 1 is 0.946 bits per heavy atom. The van der Waals surface area contributed by atoms with E-state index in [4.69, 9.17) is 14.2 Å². The van der Waals surface area contributed by atoms with Gasteiger partial charge in [-0.3, -0.25) is 14.6 Å². The Morgan fingerprint density at radius 2 is 1.76 bits per heavy atom. The van der Waals surface area contributed by atoms with E-state index in [9.17, 15) is 14.0 Å². The van der Waals surface area contributed by atoms with Crippen LogP contribution in [0.1, 0.15) is 23.6 Å². The third kappa shape index (κ3) is 4.75. The second kappa shape index (κ2) is 10.1. The first-order chi connectivity index (χ1) is 18.0. The van der Waals surface area contributed by atoms with Gasteiger partial charge in [0, 0.05) is 23.3 Å². The second-order valence-electron chi connectivity index (χ2n) is 8.47. The highest BCUT2D eigenvalue weighted by Gasteiger charge is 2.26. The zero-order chi connectivity index (χ0) is 25.9. The number of ether oxygens (including phenoxy) is 3. The van der Waals surface area contributed by atoms with Crippen molar-refractivity contribution in [1.29, 1.82) is 0 Å². The fraction of sp³-hybridized carbons (Fsp3) is 0.179. The number of hydrogen-bond acceptors (Lipinski definition) is 6. The molecule has 0 aliphatic heterocycles. The Morgan fingerprint density at radius 3 is 2.54 bits per heavy atom. The summed E-state index contributed by atoms with van der Waals surface area (Å²) >= 11 is 0. The SMILES string of the molecule is COc1ccc2c(Oc3ccc(NC(=O)C(=O)NC4CCc5ccccc54)cc3F)ccnc2c1OC. The first-order valence-corrected chi connectivity index (χ1v) is 11.6. The molecule has 0 bridgehead atoms. The van der Waals surface area contributed by atoms with Gasteiger partial charge in [0.15, 0.2) is 23.1 Å². The third-order valence-electron chi connectivity index (χ3n) is 6.27. The zero-order valence-electron chi connectivity index (χ0n) is 20.2. The van der Waals surface area contributed by atoms with Crippen molar-refractivity contribution >= 4 is 28.4 Å². The molecule has 4 aromatic rings. The predicted octanol–water partition coefficient (Wildman–Crippen LogP) is 4.93. The third-order valence-corrected chi connectivity index (χ3v) is 6.27. The molecule has 37 heavy (non-hydrogen) atoms. The number of nitrogens with zero attached hydrogens (tertiary/aromatic N) is 1. The van der Waals surface area contributed by atoms with Crippen LogP contribution in [0, 0.1) is 5.82 Å². The van der Waals surface area contributed by atoms with Crippen molar-refractivity contribution in [2.45, 2.75) is 18.9 Å². The van der Waals surface area contributed by atoms with Gasteiger partial charge in [-0.1, -0.05) is 24.3 Å². The fourth-order valence-corrected chi connectivity index (χ4v) is 4.49. The van der Waals surface area contributed by atoms with Crippen molar-refractivity contribution in [2.75, 3.05) is 19.5 Å². The molecule has 0 spiro atoms. The maximum atomic E-state index is 14.9. The summed E-state index contributed by atoms with van der Waals surface area (Å²) in [6.45, 7) is 0. The Balaban J connectivity index is 1.29. The number of carbonyl (C=O) groups is 2. The predicted molar refractivity (Wildman–Crippen MR) is 136 cm³/mol. The van der Waals surface area contributed by atoms with E-state index in [2.05, 4.69) is 15.6 Å². The van der Waals surface area contributed by atoms with E-state index in [1.165, 1.54) is 32.5 Å². The maximum Gasteiger partial charge on any atom is 0.313 e. The van der Waals surface area contributed by atoms with E-state index in [-0.39, 0.29) is 17.5 Å². The number of halogens is 1. The van der Waals surface area contributed by atoms with Crippen molar-refractivity contribution in [3.63, 3.8) is 0 Å². The number of anilines is 1. The first kappa shape index (κ1) is 24.1. The van der Waals surface area contributed by atoms with Gasteiger partial charge in [0.05, 0.1) is 20.3 Å². The number of rotatable bonds is 6. The maximum absolute atomic E-state index is 14.9. The van der Waals surface area contributed by atoms with Gasteiger partial charge in [-0.2, -0.15) is 0 Å². The molecule has 1 aliphatic carbocycles. The summed E-state index contributed by atoms with van der Waals surface area (Å²) in [5.74, 6) is -1.14. The number of carbonyl (C=O) groups excluding carboxylic acids is 2. The van der Waals surface area contributed by atoms with Crippen LogP contribution >= 0.6 is 0 Å². The quantitative estimate of drug-likeness (QED) is 0.364. The highest BCUT2D eigenvalue weighted by molar-refractivity contribution is 6.39. The van der Waals surface area contributed by atoms with Gasteiger partial charge in [0.25, 0.3) is 0 Å². The van der Waals surface area contributed by atoms with Gasteiger partial charge in [-0.05, 0) is 54.3 Å². The molecule has 0 fully saturated rings. The van der Waals surface area contributed by atoms with Gasteiger partial charge >= 0.3 is 11.8 Å². The molecule has 2 amide bonds. The van der Waals surface area contributed by atoms with Crippen molar-refractivity contribution in [3.05, 3.63) is 83.8 Å². The standard InChI is InChI=1S/C28H24FN3O5/c1-35-24-12-9-19-22(13-14-30-25(19)26(24)36-2)37-23-11-8-17(15-20(23)29)31-27(33)28(34)32-21-10-7-16-5-3-4-6-18(16)21/h3-6,8-9,11-15,21H,7,10H2,1-2H3,(H,31,33)(H,32,34). The molecule has 0 saturated carbocycles. The lowest BCUT2D eigenvalue weighted by molar-refractivity contribution is -0.136. The minimum atomic E-state index is -0.876. The van der Waals surface area contributed by atoms with Gasteiger partial charge < -0.3 is 24.8 Å². The lowest BCUT2D eigenvalue weighted by Crippen LogP contribution is -2.37. The Hall–Kier alpha value is -4.66. The molecule has 0 radical (unpaired) electrons. The first-order valence-electron chi connectivity index (χ1n) is 11.6. The van der Waals surface area contributed by atoms with Crippen LogP contribution in [0.5, 0.6) is 23.0 Å². The van der Waals surface area contributed by atoms with E-state index in [1.807, 2.05) is 24.3 Å². The van der Waals surface area contributed by atoms with Crippen molar-refractivity contribution in [3.8, 4) is 23.0 Å². The molecule has 5 rings (SSSR count). The molecular weight excluding hydrogens is 477 g/mol. The van der Waals surface area contributed by atoms with Crippen LogP contribution in [-0.2, 0) is 16.0 Å². The molecule has 1 heterocycles. The molecule has 8 nitrogen and oxygen atoms in total. The van der Waals surface area contributed by atoms with E-state index in [1.54, 1.807) is 18.2 Å². The lowest BCUT2D eigenvalue weighted by Gasteiger charge is -2.15. The molecule has 1 unspecified atom stereocenters. The van der Waals surface area contributed by atoms with Crippen molar-refractivity contribution in [1.82, 2.24) is 10.3 Å². The monoisotopic (exact) mass is 501 g/mol. The highest BCUT2D eigenvalue weighted by Crippen LogP contribution is 2.39. The van der Waals surface area contributed by atoms with Gasteiger partial charge in [0.1, 0.15) is 11.3 Å². The van der Waals surface area contributed by atoms with Crippen LogP contribution in [0.25, 0.3) is 10.9 Å². The number of methoxy groups -OCH3 is 2. The lowest BCUT2D eigenvalue weighted by atomic mass is 10.1. The van der Waals surface area contributed by atoms with Gasteiger partial charge in [0.2, 0.25) is 0 Å². The number of nitrogens with one attached hydrogen (secondary N) is 2. The summed E-state index contributed by atoms with van der Waals surface area (Å²) in [6.07, 6.45) is 3.08. The summed E-state index contributed by atoms with van der Waals surface area (Å²) in [6, 6.07) is 16.6. The number of aryl methyl sites for hydroxylation is 1. The molecule has 0 saturated heterocycles. The topological polar surface area (TPSA) is 98.8 Å². The van der Waals surface area contributed by atoms with Gasteiger partial charge in [-0.15, -0.1) is 0 Å². The van der Waals surface area contributed by atoms with E-state index in [0.717, 1.165) is 30.0 Å². The summed E-state index contributed by atoms with van der Waals surface area (Å²) < 4.78 is 31.5. The molecule has 2 N–H and O–H groups in total. The fourth-order valence-electron chi connectivity index (χ4n) is 4.49. The largest absolute Gasteiger partial charge is 0.493 e. The second-order valence-corrected chi connectivity index (χ2v) is 8.47. The average Bonchev–Trinajstić information content (AvgIpc) is 3.32. The minimum absolute atomic E-state index is 0.0627. The van der Waals surface area contributed by atoms with Crippen LogP contribution in [-0.4, -0.2) is 31.0 Å². The number of amides is 2. The number of pyridine rings is 1. The molecule has 1 aliphatic rings. The van der Waals surface area contributed by atoms with Crippen molar-refractivity contribution < 1.29 is 28.2 Å². The molecule has 9 heteroatoms. The van der Waals surface area contributed by atoms with Crippen LogP contribution < -0.4 is 24.8 Å². The number of hydrogen-bond donors (Lipinski definition) is 2. The van der Waals surface area contributed by atoms with Crippen molar-refractivity contribution in [2.24, 2.45) is 0 Å². The van der Waals surface area contributed by atoms with Gasteiger partial charge in [-0.25, -0.2) is 4.39 Å². The van der Waals surface area contributed by atoms with Crippen LogP contribution in [0.3, 0.4) is 0 Å². The Bertz CT molecular complexity index is 1510. The summed E-state index contributed by atoms with van der Waals surface area (Å²) in [4.78, 5) is 29.2. The smallest absolute Gasteiger partial charge is 0.313 e. The normalized spacial score (nSPS) is 14.1. The molecule has 1 atom stereocenters. The summed E-state index contributed by atoms with van der Waals surface area (Å²) in [5, 5.41) is 5.79. The van der Waals surface area contributed by atoms with E-state index in [0.29, 0.717) is 28.2 Å². The molecule has 1 aromatic heterocycles. The molecule has 3 aromatic carbocycles. The van der Waals surface area contributed by atoms with Crippen LogP contribution in [0.15, 0.2) is 66.9 Å². The zero-order valence-corrected chi connectivity index (χ0v) is 20.2. The Kier molecular flexibility index (Phi) is 6.59. The summed E-state index contributed by atoms with van der Waals surface area (Å²) in [7, 11) is 3.03. The minimum Gasteiger partial charge on any atom is -0.493 e. The highest BCUT2D eigenvalue weighted by atomic mass is 19.1. The Labute approximate surface area is 212 Å². The van der Waals surface area contributed by atoms with E-state index >= 15 is 0 Å². The number of fused-ring (bicyclic) bond motifs is 2. The van der Waals surface area contributed by atoms with Crippen LogP contribution in [0.2, 0.25) is 0 Å². The molecule has 188 valence electrons. The van der Waals surface area contributed by atoms with Crippen LogP contribution in [0.4, 0.5) is 10.1 Å².